The minimum Gasteiger partial charge on any atom is -0.493 e. The van der Waals surface area contributed by atoms with Gasteiger partial charge in [0.25, 0.3) is 11.8 Å². The van der Waals surface area contributed by atoms with Gasteiger partial charge in [-0.15, -0.1) is 0 Å². The molecular weight excluding hydrogens is 899 g/mol. The van der Waals surface area contributed by atoms with Gasteiger partial charge in [0.05, 0.1) is 33.5 Å². The van der Waals surface area contributed by atoms with Crippen LogP contribution in [0, 0.1) is 0 Å². The summed E-state index contributed by atoms with van der Waals surface area (Å²) in [7, 11) is 6.45. The number of anilines is 2. The monoisotopic (exact) mass is 964 g/mol. The molecule has 14 nitrogen and oxygen atoms in total. The van der Waals surface area contributed by atoms with Crippen molar-refractivity contribution in [3.05, 3.63) is 106 Å². The highest BCUT2D eigenvalue weighted by molar-refractivity contribution is 6.31. The van der Waals surface area contributed by atoms with Crippen LogP contribution in [0.2, 0.25) is 10.0 Å². The van der Waals surface area contributed by atoms with Crippen LogP contribution in [0.1, 0.15) is 80.0 Å². The third-order valence-electron chi connectivity index (χ3n) is 11.0. The Balaban J connectivity index is 0.000000256. The zero-order chi connectivity index (χ0) is 48.3. The number of nitrogens with zero attached hydrogens (tertiary/aromatic N) is 3. The fourth-order valence-electron chi connectivity index (χ4n) is 7.80. The molecule has 3 amide bonds. The molecule has 0 aliphatic carbocycles. The zero-order valence-corrected chi connectivity index (χ0v) is 41.3. The van der Waals surface area contributed by atoms with Crippen LogP contribution in [-0.2, 0) is 14.2 Å². The van der Waals surface area contributed by atoms with Gasteiger partial charge < -0.3 is 53.2 Å². The quantitative estimate of drug-likeness (QED) is 0.0955. The molecule has 2 atom stereocenters. The summed E-state index contributed by atoms with van der Waals surface area (Å²) < 4.78 is 38.4. The van der Waals surface area contributed by atoms with E-state index in [0.717, 1.165) is 50.9 Å². The Morgan fingerprint density at radius 3 is 1.55 bits per heavy atom. The number of likely N-dealkylation sites (tertiary alicyclic amines) is 1. The molecule has 2 aliphatic heterocycles. The Kier molecular flexibility index (Phi) is 20.7. The molecule has 0 spiro atoms. The van der Waals surface area contributed by atoms with E-state index in [0.29, 0.717) is 95.8 Å². The number of methoxy groups -OCH3 is 4. The second-order valence-electron chi connectivity index (χ2n) is 17.1. The molecule has 0 radical (unpaired) electrons. The van der Waals surface area contributed by atoms with E-state index < -0.39 is 5.60 Å². The number of hydrogen-bond donors (Lipinski definition) is 1. The fraction of sp³-hybridized carbons (Fsp3) is 0.471. The first-order valence-electron chi connectivity index (χ1n) is 22.7. The zero-order valence-electron chi connectivity index (χ0n) is 39.8. The first kappa shape index (κ1) is 52.7. The second kappa shape index (κ2) is 26.3. The third kappa shape index (κ3) is 15.7. The molecule has 1 N–H and O–H groups in total. The predicted molar refractivity (Wildman–Crippen MR) is 263 cm³/mol. The molecule has 4 aromatic rings. The topological polar surface area (TPSA) is 138 Å². The van der Waals surface area contributed by atoms with Crippen LogP contribution in [0.3, 0.4) is 0 Å². The summed E-state index contributed by atoms with van der Waals surface area (Å²) in [5, 5.41) is 4.61. The highest BCUT2D eigenvalue weighted by Gasteiger charge is 2.35. The molecule has 6 rings (SSSR count). The van der Waals surface area contributed by atoms with Gasteiger partial charge in [0.15, 0.2) is 23.0 Å². The third-order valence-corrected chi connectivity index (χ3v) is 11.5. The summed E-state index contributed by atoms with van der Waals surface area (Å²) in [5.41, 5.74) is 1.93. The molecule has 2 fully saturated rings. The Hall–Kier alpha value is -5.25. The van der Waals surface area contributed by atoms with E-state index in [9.17, 15) is 14.4 Å². The van der Waals surface area contributed by atoms with Crippen LogP contribution in [0.25, 0.3) is 0 Å². The number of piperidine rings is 2. The Bertz CT molecular complexity index is 2180. The van der Waals surface area contributed by atoms with Crippen LogP contribution in [0.5, 0.6) is 23.0 Å². The normalized spacial score (nSPS) is 15.9. The number of halogens is 2. The van der Waals surface area contributed by atoms with Crippen molar-refractivity contribution in [1.29, 1.82) is 0 Å². The molecule has 2 aliphatic rings. The molecule has 16 heteroatoms. The molecule has 0 unspecified atom stereocenters. The van der Waals surface area contributed by atoms with Gasteiger partial charge in [0.1, 0.15) is 5.60 Å². The highest BCUT2D eigenvalue weighted by Crippen LogP contribution is 2.34. The van der Waals surface area contributed by atoms with Crippen molar-refractivity contribution < 1.29 is 47.5 Å². The molecule has 67 heavy (non-hydrogen) atoms. The van der Waals surface area contributed by atoms with Crippen LogP contribution in [-0.4, -0.2) is 122 Å². The van der Waals surface area contributed by atoms with Gasteiger partial charge in [0, 0.05) is 98.5 Å². The number of benzene rings is 4. The molecule has 0 bridgehead atoms. The SMILES string of the molecule is COCCCOc1cc(C(=O)N(c2ccc(Cl)cc2)[C@@H]2CCCN(C(=O)OC(C)(C)C)C2)ccc1OC.COCCCOc1cc(C(=O)N(c2ccc(Cl)cc2)[C@@H]2CCCNC2)ccc1OC. The summed E-state index contributed by atoms with van der Waals surface area (Å²) in [6.45, 7) is 10.3. The van der Waals surface area contributed by atoms with E-state index in [1.54, 1.807) is 86.8 Å². The van der Waals surface area contributed by atoms with Crippen molar-refractivity contribution in [1.82, 2.24) is 10.2 Å². The summed E-state index contributed by atoms with van der Waals surface area (Å²) >= 11 is 12.2. The molecule has 2 saturated heterocycles. The first-order valence-corrected chi connectivity index (χ1v) is 23.5. The van der Waals surface area contributed by atoms with E-state index in [2.05, 4.69) is 5.32 Å². The number of carbonyl (C=O) groups excluding carboxylic acids is 3. The number of rotatable bonds is 18. The maximum absolute atomic E-state index is 14.0. The highest BCUT2D eigenvalue weighted by atomic mass is 35.5. The Labute approximate surface area is 405 Å². The Morgan fingerprint density at radius 2 is 1.12 bits per heavy atom. The minimum absolute atomic E-state index is 0.0700. The minimum atomic E-state index is -0.599. The molecule has 2 heterocycles. The summed E-state index contributed by atoms with van der Waals surface area (Å²) in [6.07, 6.45) is 4.54. The number of ether oxygens (including phenoxy) is 7. The van der Waals surface area contributed by atoms with Crippen LogP contribution in [0.4, 0.5) is 16.2 Å². The standard InChI is InChI=1S/C28H37ClN2O6.C23H29ClN2O4/c1-28(2,3)37-27(33)30-15-6-8-23(19-30)31(22-12-10-21(29)11-13-22)26(32)20-9-14-24(35-5)25(18-20)36-17-7-16-34-4;1-28-13-4-14-30-22-15-17(6-11-21(22)29-2)23(27)26(20-5-3-12-25-16-20)19-9-7-18(24)8-10-19/h9-14,18,23H,6-8,15-17,19H2,1-5H3;6-11,15,20,25H,3-5,12-14,16H2,1-2H3/t23-;20-/m11/s1. The van der Waals surface area contributed by atoms with Crippen LogP contribution in [0.15, 0.2) is 84.9 Å². The van der Waals surface area contributed by atoms with Gasteiger partial charge >= 0.3 is 6.09 Å². The van der Waals surface area contributed by atoms with E-state index in [1.807, 2.05) is 62.1 Å². The molecular formula is C51H66Cl2N4O10. The van der Waals surface area contributed by atoms with Crippen LogP contribution >= 0.6 is 23.2 Å². The fourth-order valence-corrected chi connectivity index (χ4v) is 8.05. The van der Waals surface area contributed by atoms with Gasteiger partial charge in [-0.2, -0.15) is 0 Å². The maximum atomic E-state index is 14.0. The van der Waals surface area contributed by atoms with Gasteiger partial charge in [-0.05, 0) is 138 Å². The van der Waals surface area contributed by atoms with Crippen molar-refractivity contribution in [2.45, 2.75) is 77.0 Å². The predicted octanol–water partition coefficient (Wildman–Crippen LogP) is 9.97. The van der Waals surface area contributed by atoms with Crippen LogP contribution < -0.4 is 34.1 Å². The largest absolute Gasteiger partial charge is 0.493 e. The number of hydrogen-bond acceptors (Lipinski definition) is 11. The van der Waals surface area contributed by atoms with E-state index >= 15 is 0 Å². The molecule has 364 valence electrons. The van der Waals surface area contributed by atoms with Crippen molar-refractivity contribution in [2.24, 2.45) is 0 Å². The first-order chi connectivity index (χ1) is 32.3. The van der Waals surface area contributed by atoms with Gasteiger partial charge in [-0.1, -0.05) is 23.2 Å². The average Bonchev–Trinajstić information content (AvgIpc) is 3.33. The van der Waals surface area contributed by atoms with Crippen molar-refractivity contribution in [3.8, 4) is 23.0 Å². The number of amides is 3. The summed E-state index contributed by atoms with van der Waals surface area (Å²) in [6, 6.07) is 24.8. The summed E-state index contributed by atoms with van der Waals surface area (Å²) in [4.78, 5) is 45.7. The summed E-state index contributed by atoms with van der Waals surface area (Å²) in [5.74, 6) is 1.90. The van der Waals surface area contributed by atoms with Crippen molar-refractivity contribution >= 4 is 52.5 Å². The lowest BCUT2D eigenvalue weighted by molar-refractivity contribution is 0.0196. The van der Waals surface area contributed by atoms with Gasteiger partial charge in [-0.3, -0.25) is 9.59 Å². The lowest BCUT2D eigenvalue weighted by Crippen LogP contribution is -2.52. The maximum Gasteiger partial charge on any atom is 0.410 e. The lowest BCUT2D eigenvalue weighted by Gasteiger charge is -2.39. The van der Waals surface area contributed by atoms with Crippen molar-refractivity contribution in [3.63, 3.8) is 0 Å². The van der Waals surface area contributed by atoms with Gasteiger partial charge in [-0.25, -0.2) is 4.79 Å². The second-order valence-corrected chi connectivity index (χ2v) is 18.0. The van der Waals surface area contributed by atoms with E-state index in [4.69, 9.17) is 56.4 Å². The Morgan fingerprint density at radius 1 is 0.642 bits per heavy atom. The number of nitrogens with one attached hydrogen (secondary N) is 1. The smallest absolute Gasteiger partial charge is 0.410 e. The van der Waals surface area contributed by atoms with E-state index in [1.165, 1.54) is 0 Å². The molecule has 0 aromatic heterocycles. The lowest BCUT2D eigenvalue weighted by atomic mass is 10.0. The van der Waals surface area contributed by atoms with Gasteiger partial charge in [0.2, 0.25) is 0 Å². The number of carbonyl (C=O) groups is 3. The average molecular weight is 966 g/mol. The molecule has 4 aromatic carbocycles. The van der Waals surface area contributed by atoms with Crippen molar-refractivity contribution in [2.75, 3.05) is 90.8 Å². The molecule has 0 saturated carbocycles. The van der Waals surface area contributed by atoms with E-state index in [-0.39, 0.29) is 30.0 Å².